The highest BCUT2D eigenvalue weighted by Crippen LogP contribution is 2.34. The molecule has 7 nitrogen and oxygen atoms in total. The summed E-state index contributed by atoms with van der Waals surface area (Å²) in [5.41, 5.74) is 0.225. The number of rotatable bonds is 9. The molecule has 0 spiro atoms. The van der Waals surface area contributed by atoms with Gasteiger partial charge in [0, 0.05) is 11.9 Å². The first-order valence-electron chi connectivity index (χ1n) is 11.7. The molecule has 0 saturated heterocycles. The molecular weight excluding hydrogens is 408 g/mol. The van der Waals surface area contributed by atoms with Crippen molar-refractivity contribution in [3.63, 3.8) is 0 Å². The van der Waals surface area contributed by atoms with Crippen LogP contribution in [0, 0.1) is 5.41 Å². The molecule has 0 unspecified atom stereocenters. The highest BCUT2D eigenvalue weighted by atomic mass is 16.5. The van der Waals surface area contributed by atoms with E-state index in [9.17, 15) is 14.7 Å². The van der Waals surface area contributed by atoms with Crippen LogP contribution in [0.2, 0.25) is 0 Å². The molecule has 0 radical (unpaired) electrons. The van der Waals surface area contributed by atoms with Crippen LogP contribution in [0.1, 0.15) is 71.9 Å². The fraction of sp³-hybridized carbons (Fsp3) is 0.600. The Morgan fingerprint density at radius 2 is 1.94 bits per heavy atom. The molecular formula is C25H36N2O5. The van der Waals surface area contributed by atoms with Crippen molar-refractivity contribution >= 4 is 16.9 Å². The number of carbonyl (C=O) groups is 1. The largest absolute Gasteiger partial charge is 0.491 e. The minimum absolute atomic E-state index is 0.00817. The van der Waals surface area contributed by atoms with Crippen molar-refractivity contribution in [3.8, 4) is 11.5 Å². The molecule has 0 aliphatic heterocycles. The minimum Gasteiger partial charge on any atom is -0.491 e. The van der Waals surface area contributed by atoms with Gasteiger partial charge in [-0.05, 0) is 55.7 Å². The summed E-state index contributed by atoms with van der Waals surface area (Å²) in [6.45, 7) is 9.17. The number of aromatic nitrogens is 1. The van der Waals surface area contributed by atoms with Gasteiger partial charge in [-0.2, -0.15) is 0 Å². The predicted molar refractivity (Wildman–Crippen MR) is 126 cm³/mol. The third-order valence-electron chi connectivity index (χ3n) is 5.69. The Bertz CT molecular complexity index is 1000. The summed E-state index contributed by atoms with van der Waals surface area (Å²) < 4.78 is 14.1. The molecule has 1 amide bonds. The molecule has 3 rings (SSSR count). The lowest BCUT2D eigenvalue weighted by atomic mass is 9.96. The number of nitrogens with zero attached hydrogens (tertiary/aromatic N) is 1. The Morgan fingerprint density at radius 3 is 2.56 bits per heavy atom. The van der Waals surface area contributed by atoms with Crippen LogP contribution in [0.4, 0.5) is 4.79 Å². The Kier molecular flexibility index (Phi) is 7.69. The zero-order chi connectivity index (χ0) is 23.3. The normalized spacial score (nSPS) is 14.6. The molecule has 7 heteroatoms. The Labute approximate surface area is 189 Å². The summed E-state index contributed by atoms with van der Waals surface area (Å²) in [5, 5.41) is 12.9. The zero-order valence-electron chi connectivity index (χ0n) is 19.7. The summed E-state index contributed by atoms with van der Waals surface area (Å²) in [7, 11) is 0. The summed E-state index contributed by atoms with van der Waals surface area (Å²) in [5.74, 6) is 1.28. The summed E-state index contributed by atoms with van der Waals surface area (Å²) in [6, 6.07) is 5.54. The van der Waals surface area contributed by atoms with E-state index in [2.05, 4.69) is 12.2 Å². The van der Waals surface area contributed by atoms with Gasteiger partial charge in [-0.25, -0.2) is 4.79 Å². The Hall–Kier alpha value is -2.70. The van der Waals surface area contributed by atoms with Crippen molar-refractivity contribution in [2.45, 2.75) is 85.4 Å². The molecule has 1 saturated carbocycles. The number of carboxylic acid groups (broad SMARTS) is 1. The lowest BCUT2D eigenvalue weighted by Crippen LogP contribution is -2.33. The highest BCUT2D eigenvalue weighted by molar-refractivity contribution is 5.89. The third-order valence-corrected chi connectivity index (χ3v) is 5.69. The number of amides is 1. The standard InChI is InChI=1S/C25H36N2O5/c1-5-6-13-31-22-20-14-18(32-17-9-7-8-10-17)11-12-19(20)23(28)27(16-25(2,3)4)21(22)15-26-24(29)30/h11-12,14,17,26H,5-10,13,15-16H2,1-4H3,(H,29,30). The van der Waals surface area contributed by atoms with Gasteiger partial charge in [0.15, 0.2) is 0 Å². The molecule has 1 aromatic carbocycles. The zero-order valence-corrected chi connectivity index (χ0v) is 19.7. The van der Waals surface area contributed by atoms with E-state index in [1.807, 2.05) is 39.0 Å². The van der Waals surface area contributed by atoms with Gasteiger partial charge in [-0.3, -0.25) is 4.79 Å². The van der Waals surface area contributed by atoms with E-state index in [0.717, 1.165) is 31.4 Å². The van der Waals surface area contributed by atoms with E-state index < -0.39 is 6.09 Å². The van der Waals surface area contributed by atoms with Gasteiger partial charge in [0.05, 0.1) is 30.3 Å². The van der Waals surface area contributed by atoms with Crippen LogP contribution in [0.5, 0.6) is 11.5 Å². The molecule has 1 aromatic heterocycles. The number of hydrogen-bond acceptors (Lipinski definition) is 4. The molecule has 0 bridgehead atoms. The Morgan fingerprint density at radius 1 is 1.22 bits per heavy atom. The molecule has 1 aliphatic rings. The lowest BCUT2D eigenvalue weighted by Gasteiger charge is -2.26. The van der Waals surface area contributed by atoms with Crippen molar-refractivity contribution in [2.24, 2.45) is 5.41 Å². The number of fused-ring (bicyclic) bond motifs is 1. The summed E-state index contributed by atoms with van der Waals surface area (Å²) in [6.07, 6.45) is 5.32. The van der Waals surface area contributed by atoms with Crippen molar-refractivity contribution in [1.82, 2.24) is 9.88 Å². The molecule has 1 fully saturated rings. The monoisotopic (exact) mass is 444 g/mol. The van der Waals surface area contributed by atoms with E-state index in [1.54, 1.807) is 4.57 Å². The van der Waals surface area contributed by atoms with Gasteiger partial charge < -0.3 is 24.5 Å². The average Bonchev–Trinajstić information content (AvgIpc) is 3.22. The SMILES string of the molecule is CCCCOc1c(CNC(=O)O)n(CC(C)(C)C)c(=O)c2ccc(OC3CCCC3)cc12. The first kappa shape index (κ1) is 24.0. The maximum atomic E-state index is 13.5. The van der Waals surface area contributed by atoms with Gasteiger partial charge in [0.25, 0.3) is 5.56 Å². The molecule has 0 atom stereocenters. The Balaban J connectivity index is 2.17. The van der Waals surface area contributed by atoms with Crippen LogP contribution in [0.15, 0.2) is 23.0 Å². The van der Waals surface area contributed by atoms with Crippen molar-refractivity contribution in [2.75, 3.05) is 6.61 Å². The predicted octanol–water partition coefficient (Wildman–Crippen LogP) is 5.32. The first-order valence-corrected chi connectivity index (χ1v) is 11.7. The van der Waals surface area contributed by atoms with Gasteiger partial charge in [-0.1, -0.05) is 34.1 Å². The number of nitrogens with one attached hydrogen (secondary N) is 1. The van der Waals surface area contributed by atoms with Gasteiger partial charge >= 0.3 is 6.09 Å². The van der Waals surface area contributed by atoms with Gasteiger partial charge in [0.2, 0.25) is 0 Å². The number of ether oxygens (including phenoxy) is 2. The topological polar surface area (TPSA) is 89.8 Å². The molecule has 176 valence electrons. The second-order valence-electron chi connectivity index (χ2n) is 9.82. The second-order valence-corrected chi connectivity index (χ2v) is 9.82. The molecule has 2 N–H and O–H groups in total. The smallest absolute Gasteiger partial charge is 0.404 e. The number of benzene rings is 1. The van der Waals surface area contributed by atoms with Crippen molar-refractivity contribution < 1.29 is 19.4 Å². The average molecular weight is 445 g/mol. The molecule has 32 heavy (non-hydrogen) atoms. The van der Waals surface area contributed by atoms with E-state index in [4.69, 9.17) is 9.47 Å². The second kappa shape index (κ2) is 10.3. The summed E-state index contributed by atoms with van der Waals surface area (Å²) >= 11 is 0. The van der Waals surface area contributed by atoms with Gasteiger partial charge in [0.1, 0.15) is 11.5 Å². The molecule has 1 aliphatic carbocycles. The summed E-state index contributed by atoms with van der Waals surface area (Å²) in [4.78, 5) is 24.8. The van der Waals surface area contributed by atoms with Crippen LogP contribution in [-0.2, 0) is 13.1 Å². The maximum Gasteiger partial charge on any atom is 0.404 e. The van der Waals surface area contributed by atoms with E-state index in [-0.39, 0.29) is 23.6 Å². The van der Waals surface area contributed by atoms with Crippen LogP contribution in [0.25, 0.3) is 10.8 Å². The quantitative estimate of drug-likeness (QED) is 0.511. The fourth-order valence-electron chi connectivity index (χ4n) is 4.17. The van der Waals surface area contributed by atoms with Crippen LogP contribution in [0.3, 0.4) is 0 Å². The van der Waals surface area contributed by atoms with Crippen LogP contribution in [-0.4, -0.2) is 28.5 Å². The van der Waals surface area contributed by atoms with E-state index in [0.29, 0.717) is 35.4 Å². The van der Waals surface area contributed by atoms with E-state index >= 15 is 0 Å². The third kappa shape index (κ3) is 5.96. The van der Waals surface area contributed by atoms with Crippen LogP contribution < -0.4 is 20.3 Å². The fourth-order valence-corrected chi connectivity index (χ4v) is 4.17. The minimum atomic E-state index is -1.14. The van der Waals surface area contributed by atoms with E-state index in [1.165, 1.54) is 12.8 Å². The first-order chi connectivity index (χ1) is 15.2. The number of hydrogen-bond donors (Lipinski definition) is 2. The molecule has 1 heterocycles. The highest BCUT2D eigenvalue weighted by Gasteiger charge is 2.23. The number of unbranched alkanes of at least 4 members (excludes halogenated alkanes) is 1. The van der Waals surface area contributed by atoms with Crippen molar-refractivity contribution in [1.29, 1.82) is 0 Å². The lowest BCUT2D eigenvalue weighted by molar-refractivity contribution is 0.193. The number of pyridine rings is 1. The maximum absolute atomic E-state index is 13.5. The van der Waals surface area contributed by atoms with Crippen LogP contribution >= 0.6 is 0 Å². The van der Waals surface area contributed by atoms with Gasteiger partial charge in [-0.15, -0.1) is 0 Å². The molecule has 2 aromatic rings. The van der Waals surface area contributed by atoms with Crippen molar-refractivity contribution in [3.05, 3.63) is 34.2 Å².